The number of aromatic nitrogens is 2. The smallest absolute Gasteiger partial charge is 0.269 e. The second-order valence-corrected chi connectivity index (χ2v) is 6.01. The number of hydrogen-bond donors (Lipinski definition) is 3. The average molecular weight is 315 g/mol. The minimum absolute atomic E-state index is 0.252. The second kappa shape index (κ2) is 6.42. The van der Waals surface area contributed by atoms with E-state index in [-0.39, 0.29) is 12.5 Å². The normalized spacial score (nSPS) is 16.3. The van der Waals surface area contributed by atoms with Gasteiger partial charge in [-0.2, -0.15) is 5.10 Å². The predicted octanol–water partition coefficient (Wildman–Crippen LogP) is 2.12. The maximum absolute atomic E-state index is 12.2. The molecule has 1 amide bonds. The van der Waals surface area contributed by atoms with E-state index < -0.39 is 5.60 Å². The number of aromatic amines is 1. The van der Waals surface area contributed by atoms with Gasteiger partial charge in [-0.15, -0.1) is 0 Å². The summed E-state index contributed by atoms with van der Waals surface area (Å²) in [5.41, 5.74) is 1.22. The first-order chi connectivity index (χ1) is 11.1. The van der Waals surface area contributed by atoms with Crippen LogP contribution < -0.4 is 10.1 Å². The van der Waals surface area contributed by atoms with Gasteiger partial charge in [0.15, 0.2) is 0 Å². The number of amides is 1. The number of H-pyrrole nitrogens is 1. The van der Waals surface area contributed by atoms with E-state index in [0.717, 1.165) is 37.0 Å². The molecule has 1 heterocycles. The van der Waals surface area contributed by atoms with Crippen molar-refractivity contribution in [2.75, 3.05) is 13.7 Å². The van der Waals surface area contributed by atoms with Crippen LogP contribution >= 0.6 is 0 Å². The molecule has 2 aromatic rings. The fraction of sp³-hybridized carbons (Fsp3) is 0.412. The molecule has 0 bridgehead atoms. The van der Waals surface area contributed by atoms with Crippen molar-refractivity contribution in [1.29, 1.82) is 0 Å². The molecule has 6 nitrogen and oxygen atoms in total. The lowest BCUT2D eigenvalue weighted by Crippen LogP contribution is -2.40. The van der Waals surface area contributed by atoms with E-state index in [1.54, 1.807) is 13.2 Å². The van der Waals surface area contributed by atoms with Gasteiger partial charge < -0.3 is 15.2 Å². The Morgan fingerprint density at radius 1 is 1.35 bits per heavy atom. The first-order valence-corrected chi connectivity index (χ1v) is 7.80. The summed E-state index contributed by atoms with van der Waals surface area (Å²) in [6, 6.07) is 9.17. The van der Waals surface area contributed by atoms with E-state index >= 15 is 0 Å². The lowest BCUT2D eigenvalue weighted by Gasteiger charge is -2.21. The summed E-state index contributed by atoms with van der Waals surface area (Å²) < 4.78 is 5.12. The van der Waals surface area contributed by atoms with E-state index in [1.807, 2.05) is 24.3 Å². The molecule has 0 unspecified atom stereocenters. The van der Waals surface area contributed by atoms with Crippen LogP contribution in [0.25, 0.3) is 11.3 Å². The van der Waals surface area contributed by atoms with E-state index in [0.29, 0.717) is 11.4 Å². The number of rotatable bonds is 5. The van der Waals surface area contributed by atoms with Gasteiger partial charge in [0.25, 0.3) is 5.91 Å². The van der Waals surface area contributed by atoms with Gasteiger partial charge in [0.05, 0.1) is 18.4 Å². The Kier molecular flexibility index (Phi) is 4.34. The summed E-state index contributed by atoms with van der Waals surface area (Å²) in [6.07, 6.45) is 3.51. The van der Waals surface area contributed by atoms with Crippen molar-refractivity contribution < 1.29 is 14.6 Å². The number of carbonyl (C=O) groups excluding carboxylic acids is 1. The quantitative estimate of drug-likeness (QED) is 0.789. The molecule has 1 aliphatic carbocycles. The summed E-state index contributed by atoms with van der Waals surface area (Å²) in [4.78, 5) is 12.2. The van der Waals surface area contributed by atoms with Gasteiger partial charge in [-0.1, -0.05) is 12.8 Å². The third-order valence-electron chi connectivity index (χ3n) is 4.32. The lowest BCUT2D eigenvalue weighted by atomic mass is 10.0. The number of carbonyl (C=O) groups is 1. The van der Waals surface area contributed by atoms with Gasteiger partial charge in [0.1, 0.15) is 11.4 Å². The molecule has 0 radical (unpaired) electrons. The van der Waals surface area contributed by atoms with E-state index in [1.165, 1.54) is 0 Å². The maximum atomic E-state index is 12.2. The summed E-state index contributed by atoms with van der Waals surface area (Å²) in [5, 5.41) is 20.0. The van der Waals surface area contributed by atoms with Gasteiger partial charge in [0, 0.05) is 12.1 Å². The summed E-state index contributed by atoms with van der Waals surface area (Å²) in [6.45, 7) is 0.280. The highest BCUT2D eigenvalue weighted by Crippen LogP contribution is 2.28. The van der Waals surface area contributed by atoms with Crippen LogP contribution in [0, 0.1) is 0 Å². The fourth-order valence-corrected chi connectivity index (χ4v) is 2.90. The number of nitrogens with zero attached hydrogens (tertiary/aromatic N) is 1. The Hall–Kier alpha value is -2.34. The van der Waals surface area contributed by atoms with Crippen molar-refractivity contribution in [3.05, 3.63) is 36.0 Å². The van der Waals surface area contributed by atoms with E-state index in [9.17, 15) is 9.90 Å². The minimum atomic E-state index is -0.755. The highest BCUT2D eigenvalue weighted by Gasteiger charge is 2.31. The molecule has 1 saturated carbocycles. The van der Waals surface area contributed by atoms with Crippen molar-refractivity contribution in [2.24, 2.45) is 0 Å². The highest BCUT2D eigenvalue weighted by atomic mass is 16.5. The second-order valence-electron chi connectivity index (χ2n) is 6.01. The van der Waals surface area contributed by atoms with Crippen molar-refractivity contribution in [2.45, 2.75) is 31.3 Å². The molecule has 3 rings (SSSR count). The van der Waals surface area contributed by atoms with Gasteiger partial charge >= 0.3 is 0 Å². The molecule has 0 spiro atoms. The third kappa shape index (κ3) is 3.53. The Morgan fingerprint density at radius 3 is 2.70 bits per heavy atom. The number of aliphatic hydroxyl groups is 1. The number of hydrogen-bond acceptors (Lipinski definition) is 4. The topological polar surface area (TPSA) is 87.2 Å². The van der Waals surface area contributed by atoms with Crippen molar-refractivity contribution >= 4 is 5.91 Å². The van der Waals surface area contributed by atoms with Crippen LogP contribution in [0.1, 0.15) is 36.2 Å². The zero-order valence-corrected chi connectivity index (χ0v) is 13.1. The number of nitrogens with one attached hydrogen (secondary N) is 2. The zero-order chi connectivity index (χ0) is 16.3. The van der Waals surface area contributed by atoms with Gasteiger partial charge in [-0.25, -0.2) is 0 Å². The van der Waals surface area contributed by atoms with Gasteiger partial charge in [0.2, 0.25) is 0 Å². The Bertz CT molecular complexity index is 673. The van der Waals surface area contributed by atoms with Crippen LogP contribution in [0.3, 0.4) is 0 Å². The van der Waals surface area contributed by atoms with Crippen LogP contribution in [0.15, 0.2) is 30.3 Å². The van der Waals surface area contributed by atoms with Crippen molar-refractivity contribution in [1.82, 2.24) is 15.5 Å². The molecule has 23 heavy (non-hydrogen) atoms. The molecule has 1 fully saturated rings. The van der Waals surface area contributed by atoms with Gasteiger partial charge in [-0.05, 0) is 43.2 Å². The Labute approximate surface area is 134 Å². The molecule has 6 heteroatoms. The average Bonchev–Trinajstić information content (AvgIpc) is 3.23. The molecule has 3 N–H and O–H groups in total. The SMILES string of the molecule is COc1ccc(-c2cc(C(=O)NCC3(O)CCCC3)[nH]n2)cc1. The molecule has 0 saturated heterocycles. The minimum Gasteiger partial charge on any atom is -0.497 e. The Balaban J connectivity index is 1.64. The molecule has 122 valence electrons. The summed E-state index contributed by atoms with van der Waals surface area (Å²) >= 11 is 0. The first kappa shape index (κ1) is 15.6. The molecule has 1 aromatic heterocycles. The summed E-state index contributed by atoms with van der Waals surface area (Å²) in [7, 11) is 1.62. The van der Waals surface area contributed by atoms with Crippen LogP contribution in [-0.2, 0) is 0 Å². The van der Waals surface area contributed by atoms with E-state index in [2.05, 4.69) is 15.5 Å². The largest absolute Gasteiger partial charge is 0.497 e. The lowest BCUT2D eigenvalue weighted by molar-refractivity contribution is 0.0448. The summed E-state index contributed by atoms with van der Waals surface area (Å²) in [5.74, 6) is 0.518. The highest BCUT2D eigenvalue weighted by molar-refractivity contribution is 5.93. The standard InChI is InChI=1S/C17H21N3O3/c1-23-13-6-4-12(5-7-13)14-10-15(20-19-14)16(21)18-11-17(22)8-2-3-9-17/h4-7,10,22H,2-3,8-9,11H2,1H3,(H,18,21)(H,19,20). The van der Waals surface area contributed by atoms with Crippen LogP contribution in [0.2, 0.25) is 0 Å². The fourth-order valence-electron chi connectivity index (χ4n) is 2.90. The Morgan fingerprint density at radius 2 is 2.04 bits per heavy atom. The van der Waals surface area contributed by atoms with Crippen LogP contribution in [0.5, 0.6) is 5.75 Å². The predicted molar refractivity (Wildman–Crippen MR) is 86.3 cm³/mol. The first-order valence-electron chi connectivity index (χ1n) is 7.80. The molecule has 1 aromatic carbocycles. The molecule has 1 aliphatic rings. The maximum Gasteiger partial charge on any atom is 0.269 e. The molecule has 0 atom stereocenters. The van der Waals surface area contributed by atoms with Crippen LogP contribution in [0.4, 0.5) is 0 Å². The van der Waals surface area contributed by atoms with E-state index in [4.69, 9.17) is 4.74 Å². The number of benzene rings is 1. The van der Waals surface area contributed by atoms with Crippen molar-refractivity contribution in [3.8, 4) is 17.0 Å². The molecular weight excluding hydrogens is 294 g/mol. The molecule has 0 aliphatic heterocycles. The van der Waals surface area contributed by atoms with Gasteiger partial charge in [-0.3, -0.25) is 9.89 Å². The van der Waals surface area contributed by atoms with Crippen LogP contribution in [-0.4, -0.2) is 40.5 Å². The third-order valence-corrected chi connectivity index (χ3v) is 4.32. The number of ether oxygens (including phenoxy) is 1. The van der Waals surface area contributed by atoms with Crippen molar-refractivity contribution in [3.63, 3.8) is 0 Å². The monoisotopic (exact) mass is 315 g/mol. The molecular formula is C17H21N3O3. The zero-order valence-electron chi connectivity index (χ0n) is 13.1. The number of methoxy groups -OCH3 is 1.